The Kier molecular flexibility index (Phi) is 7.47. The quantitative estimate of drug-likeness (QED) is 0.382. The van der Waals surface area contributed by atoms with E-state index >= 15 is 0 Å². The summed E-state index contributed by atoms with van der Waals surface area (Å²) in [6.45, 7) is 2.05. The molecule has 0 unspecified atom stereocenters. The molecular formula is C21H24N4O4S2. The molecule has 3 rings (SSSR count). The number of nitrogens with one attached hydrogen (secondary N) is 1. The number of aromatic nitrogens is 2. The number of rotatable bonds is 9. The fourth-order valence-corrected chi connectivity index (χ4v) is 4.36. The van der Waals surface area contributed by atoms with E-state index < -0.39 is 10.0 Å². The second kappa shape index (κ2) is 10.1. The van der Waals surface area contributed by atoms with Gasteiger partial charge < -0.3 is 4.42 Å². The molecule has 31 heavy (non-hydrogen) atoms. The number of carbonyl (C=O) groups excluding carboxylic acids is 1. The summed E-state index contributed by atoms with van der Waals surface area (Å²) < 4.78 is 30.9. The zero-order valence-corrected chi connectivity index (χ0v) is 19.2. The normalized spacial score (nSPS) is 11.6. The van der Waals surface area contributed by atoms with E-state index in [2.05, 4.69) is 39.8 Å². The molecule has 0 spiro atoms. The van der Waals surface area contributed by atoms with Gasteiger partial charge in [0.05, 0.1) is 4.90 Å². The van der Waals surface area contributed by atoms with Crippen molar-refractivity contribution in [3.05, 3.63) is 54.1 Å². The third-order valence-electron chi connectivity index (χ3n) is 4.39. The van der Waals surface area contributed by atoms with E-state index in [-0.39, 0.29) is 22.7 Å². The van der Waals surface area contributed by atoms with Gasteiger partial charge in [0.25, 0.3) is 0 Å². The number of amides is 1. The van der Waals surface area contributed by atoms with E-state index in [1.807, 2.05) is 6.92 Å². The van der Waals surface area contributed by atoms with E-state index in [4.69, 9.17) is 4.42 Å². The molecule has 2 aromatic carbocycles. The van der Waals surface area contributed by atoms with Crippen molar-refractivity contribution >= 4 is 33.7 Å². The van der Waals surface area contributed by atoms with Gasteiger partial charge in [0.2, 0.25) is 21.8 Å². The lowest BCUT2D eigenvalue weighted by Gasteiger charge is -2.11. The average molecular weight is 461 g/mol. The Morgan fingerprint density at radius 3 is 2.39 bits per heavy atom. The summed E-state index contributed by atoms with van der Waals surface area (Å²) in [6, 6.07) is 14.4. The first-order valence-corrected chi connectivity index (χ1v) is 12.0. The molecule has 1 amide bonds. The maximum atomic E-state index is 12.1. The van der Waals surface area contributed by atoms with Crippen LogP contribution in [0.4, 0.5) is 6.01 Å². The van der Waals surface area contributed by atoms with Crippen LogP contribution in [0.25, 0.3) is 11.5 Å². The fourth-order valence-electron chi connectivity index (χ4n) is 2.61. The molecule has 3 aromatic rings. The van der Waals surface area contributed by atoms with Crippen LogP contribution in [0.2, 0.25) is 0 Å². The summed E-state index contributed by atoms with van der Waals surface area (Å²) in [4.78, 5) is 13.5. The number of hydrogen-bond donors (Lipinski definition) is 1. The van der Waals surface area contributed by atoms with Crippen molar-refractivity contribution < 1.29 is 17.6 Å². The van der Waals surface area contributed by atoms with Crippen LogP contribution in [0.1, 0.15) is 18.4 Å². The van der Waals surface area contributed by atoms with Gasteiger partial charge in [0, 0.05) is 31.0 Å². The lowest BCUT2D eigenvalue weighted by Crippen LogP contribution is -2.22. The first-order chi connectivity index (χ1) is 14.8. The summed E-state index contributed by atoms with van der Waals surface area (Å²) in [5, 5.41) is 10.3. The van der Waals surface area contributed by atoms with Gasteiger partial charge in [-0.15, -0.1) is 16.9 Å². The minimum atomic E-state index is -3.51. The van der Waals surface area contributed by atoms with E-state index in [0.29, 0.717) is 18.4 Å². The molecule has 1 N–H and O–H groups in total. The van der Waals surface area contributed by atoms with Crippen molar-refractivity contribution in [2.45, 2.75) is 29.6 Å². The van der Waals surface area contributed by atoms with E-state index in [1.54, 1.807) is 23.9 Å². The smallest absolute Gasteiger partial charge is 0.322 e. The molecule has 1 heterocycles. The Morgan fingerprint density at radius 1 is 1.06 bits per heavy atom. The van der Waals surface area contributed by atoms with Gasteiger partial charge in [-0.25, -0.2) is 12.7 Å². The molecular weight excluding hydrogens is 436 g/mol. The summed E-state index contributed by atoms with van der Waals surface area (Å²) in [6.07, 6.45) is 1.06. The van der Waals surface area contributed by atoms with Crippen LogP contribution >= 0.6 is 11.8 Å². The summed E-state index contributed by atoms with van der Waals surface area (Å²) in [7, 11) is -0.570. The number of carbonyl (C=O) groups is 1. The third kappa shape index (κ3) is 6.16. The van der Waals surface area contributed by atoms with Gasteiger partial charge in [-0.1, -0.05) is 22.8 Å². The number of sulfonamides is 1. The highest BCUT2D eigenvalue weighted by atomic mass is 32.2. The van der Waals surface area contributed by atoms with Gasteiger partial charge in [-0.05, 0) is 55.5 Å². The maximum absolute atomic E-state index is 12.1. The molecule has 0 bridgehead atoms. The highest BCUT2D eigenvalue weighted by Crippen LogP contribution is 2.23. The molecule has 164 valence electrons. The van der Waals surface area contributed by atoms with Gasteiger partial charge >= 0.3 is 6.01 Å². The average Bonchev–Trinajstić information content (AvgIpc) is 3.21. The van der Waals surface area contributed by atoms with E-state index in [9.17, 15) is 13.2 Å². The van der Waals surface area contributed by atoms with Crippen LogP contribution in [-0.2, 0) is 14.8 Å². The number of benzene rings is 2. The second-order valence-electron chi connectivity index (χ2n) is 7.04. The minimum Gasteiger partial charge on any atom is -0.403 e. The summed E-state index contributed by atoms with van der Waals surface area (Å²) in [5.74, 6) is 0.819. The Labute approximate surface area is 186 Å². The number of anilines is 1. The zero-order chi connectivity index (χ0) is 22.4. The first kappa shape index (κ1) is 23.0. The van der Waals surface area contributed by atoms with Crippen LogP contribution in [0.3, 0.4) is 0 Å². The predicted molar refractivity (Wildman–Crippen MR) is 120 cm³/mol. The van der Waals surface area contributed by atoms with Crippen molar-refractivity contribution in [1.29, 1.82) is 0 Å². The molecule has 0 radical (unpaired) electrons. The molecule has 0 aliphatic rings. The highest BCUT2D eigenvalue weighted by Gasteiger charge is 2.18. The van der Waals surface area contributed by atoms with Gasteiger partial charge in [-0.3, -0.25) is 10.1 Å². The van der Waals surface area contributed by atoms with Crippen LogP contribution < -0.4 is 5.32 Å². The Hall–Kier alpha value is -2.69. The summed E-state index contributed by atoms with van der Waals surface area (Å²) in [5.41, 5.74) is 1.78. The maximum Gasteiger partial charge on any atom is 0.322 e. The molecule has 10 heteroatoms. The SMILES string of the molecule is Cc1ccc(SCCCC(=O)Nc2nnc(-c3ccc(S(=O)(=O)N(C)C)cc3)o2)cc1. The van der Waals surface area contributed by atoms with E-state index in [0.717, 1.165) is 10.1 Å². The predicted octanol–water partition coefficient (Wildman–Crippen LogP) is 3.81. The molecule has 0 saturated carbocycles. The number of aryl methyl sites for hydroxylation is 1. The molecule has 0 aliphatic heterocycles. The van der Waals surface area contributed by atoms with Crippen LogP contribution in [-0.4, -0.2) is 48.7 Å². The first-order valence-electron chi connectivity index (χ1n) is 9.61. The van der Waals surface area contributed by atoms with Gasteiger partial charge in [-0.2, -0.15) is 0 Å². The van der Waals surface area contributed by atoms with Gasteiger partial charge in [0.1, 0.15) is 0 Å². The van der Waals surface area contributed by atoms with Crippen LogP contribution in [0.15, 0.2) is 62.7 Å². The second-order valence-corrected chi connectivity index (χ2v) is 10.4. The minimum absolute atomic E-state index is 0.0103. The molecule has 0 saturated heterocycles. The largest absolute Gasteiger partial charge is 0.403 e. The number of thioether (sulfide) groups is 1. The lowest BCUT2D eigenvalue weighted by atomic mass is 10.2. The summed E-state index contributed by atoms with van der Waals surface area (Å²) >= 11 is 1.71. The zero-order valence-electron chi connectivity index (χ0n) is 17.5. The molecule has 0 atom stereocenters. The van der Waals surface area contributed by atoms with Gasteiger partial charge in [0.15, 0.2) is 0 Å². The fraction of sp³-hybridized carbons (Fsp3) is 0.286. The molecule has 0 fully saturated rings. The molecule has 0 aliphatic carbocycles. The van der Waals surface area contributed by atoms with Crippen molar-refractivity contribution in [2.75, 3.05) is 25.2 Å². The van der Waals surface area contributed by atoms with Crippen molar-refractivity contribution in [3.63, 3.8) is 0 Å². The van der Waals surface area contributed by atoms with Crippen LogP contribution in [0, 0.1) is 6.92 Å². The topological polar surface area (TPSA) is 105 Å². The molecule has 8 nitrogen and oxygen atoms in total. The Balaban J connectivity index is 1.50. The molecule has 1 aromatic heterocycles. The van der Waals surface area contributed by atoms with Crippen molar-refractivity contribution in [3.8, 4) is 11.5 Å². The van der Waals surface area contributed by atoms with Crippen LogP contribution in [0.5, 0.6) is 0 Å². The van der Waals surface area contributed by atoms with E-state index in [1.165, 1.54) is 36.7 Å². The monoisotopic (exact) mass is 460 g/mol. The Morgan fingerprint density at radius 2 is 1.74 bits per heavy atom. The lowest BCUT2D eigenvalue weighted by molar-refractivity contribution is -0.116. The third-order valence-corrected chi connectivity index (χ3v) is 7.32. The highest BCUT2D eigenvalue weighted by molar-refractivity contribution is 7.99. The van der Waals surface area contributed by atoms with Crippen molar-refractivity contribution in [1.82, 2.24) is 14.5 Å². The number of nitrogens with zero attached hydrogens (tertiary/aromatic N) is 3. The number of hydrogen-bond acceptors (Lipinski definition) is 7. The standard InChI is InChI=1S/C21H24N4O4S2/c1-15-6-10-17(11-7-15)30-14-4-5-19(26)22-21-24-23-20(29-21)16-8-12-18(13-9-16)31(27,28)25(2)3/h6-13H,4-5,14H2,1-3H3,(H,22,24,26). The van der Waals surface area contributed by atoms with Crippen molar-refractivity contribution in [2.24, 2.45) is 0 Å². The Bertz CT molecular complexity index is 1120.